The van der Waals surface area contributed by atoms with Crippen molar-refractivity contribution < 1.29 is 20.8 Å². The molecule has 0 fully saturated rings. The Hall–Kier alpha value is -1.83. The van der Waals surface area contributed by atoms with Gasteiger partial charge in [-0.3, -0.25) is 0 Å². The van der Waals surface area contributed by atoms with Gasteiger partial charge >= 0.3 is 37.9 Å². The van der Waals surface area contributed by atoms with Crippen LogP contribution < -0.4 is 10.4 Å². The van der Waals surface area contributed by atoms with E-state index in [1.807, 2.05) is 6.07 Å². The van der Waals surface area contributed by atoms with E-state index in [1.54, 1.807) is 0 Å². The fraction of sp³-hybridized carbons (Fsp3) is 0.156. The molecule has 5 aromatic carbocycles. The van der Waals surface area contributed by atoms with E-state index in [2.05, 4.69) is 118 Å². The SMILES string of the molecule is CCC(C)c1ccc2[cH-]c(C)cc2c1-c1ccccc1.[Cl][Zr+2][Cl].[c-]1cccc2c1[Si]c1ccccc1-2. The zero-order valence-corrected chi connectivity index (χ0v) is 25.7. The molecule has 0 bridgehead atoms. The summed E-state index contributed by atoms with van der Waals surface area (Å²) in [7, 11) is 10.7. The minimum atomic E-state index is -0.826. The van der Waals surface area contributed by atoms with Crippen LogP contribution in [0.25, 0.3) is 33.0 Å². The van der Waals surface area contributed by atoms with Crippen molar-refractivity contribution in [2.75, 3.05) is 0 Å². The molecule has 0 N–H and O–H groups in total. The third-order valence-electron chi connectivity index (χ3n) is 6.61. The van der Waals surface area contributed by atoms with E-state index in [-0.39, 0.29) is 0 Å². The molecule has 1 aliphatic heterocycles. The van der Waals surface area contributed by atoms with Gasteiger partial charge in [0.1, 0.15) is 0 Å². The fourth-order valence-corrected chi connectivity index (χ4v) is 6.04. The summed E-state index contributed by atoms with van der Waals surface area (Å²) in [5.74, 6) is 0.588. The number of fused-ring (bicyclic) bond motifs is 4. The van der Waals surface area contributed by atoms with Crippen LogP contribution in [0.15, 0.2) is 97.1 Å². The van der Waals surface area contributed by atoms with Gasteiger partial charge in [-0.15, -0.1) is 40.1 Å². The number of rotatable bonds is 3. The van der Waals surface area contributed by atoms with Gasteiger partial charge in [0.25, 0.3) is 0 Å². The predicted molar refractivity (Wildman–Crippen MR) is 156 cm³/mol. The standard InChI is InChI=1S/C20H21.C12H7Si.2ClH.Zr/c1-4-15(3)18-11-10-17-12-14(2)13-19(17)20(18)16-8-6-5-7-9-16;1-3-7-11-9(5-1)10-6-2-4-8-12(10)13-11;;;/h5-13,15H,4H2,1-3H3;1-7H;2*1H;/q2*-1;;;+4/p-2. The number of aryl methyl sites for hydroxylation is 1. The van der Waals surface area contributed by atoms with Crippen molar-refractivity contribution in [2.24, 2.45) is 0 Å². The molecular formula is C32H28Cl2SiZr. The van der Waals surface area contributed by atoms with Gasteiger partial charge in [-0.25, -0.2) is 0 Å². The average Bonchev–Trinajstić information content (AvgIpc) is 3.48. The van der Waals surface area contributed by atoms with Crippen LogP contribution in [0.1, 0.15) is 37.3 Å². The molecule has 0 saturated carbocycles. The van der Waals surface area contributed by atoms with Crippen LogP contribution in [-0.2, 0) is 20.8 Å². The third-order valence-corrected chi connectivity index (χ3v) is 7.97. The van der Waals surface area contributed by atoms with Crippen molar-refractivity contribution in [3.05, 3.63) is 114 Å². The summed E-state index contributed by atoms with van der Waals surface area (Å²) in [6, 6.07) is 38.2. The minimum Gasteiger partial charge on any atom is -0.184 e. The first-order valence-electron chi connectivity index (χ1n) is 12.2. The molecule has 2 radical (unpaired) electrons. The molecule has 0 amide bonds. The van der Waals surface area contributed by atoms with Crippen LogP contribution in [0.4, 0.5) is 0 Å². The summed E-state index contributed by atoms with van der Waals surface area (Å²) in [6.07, 6.45) is 1.17. The monoisotopic (exact) mass is 600 g/mol. The summed E-state index contributed by atoms with van der Waals surface area (Å²) in [6.45, 7) is 6.76. The van der Waals surface area contributed by atoms with Crippen molar-refractivity contribution in [2.45, 2.75) is 33.1 Å². The quantitative estimate of drug-likeness (QED) is 0.141. The summed E-state index contributed by atoms with van der Waals surface area (Å²) >= 11 is -0.826. The van der Waals surface area contributed by atoms with Crippen LogP contribution in [0.3, 0.4) is 0 Å². The first kappa shape index (κ1) is 27.2. The molecule has 1 atom stereocenters. The van der Waals surface area contributed by atoms with E-state index in [0.29, 0.717) is 5.92 Å². The van der Waals surface area contributed by atoms with Gasteiger partial charge in [0.15, 0.2) is 0 Å². The first-order valence-corrected chi connectivity index (χ1v) is 19.5. The third kappa shape index (κ3) is 6.17. The second-order valence-electron chi connectivity index (χ2n) is 8.94. The van der Waals surface area contributed by atoms with Crippen LogP contribution in [0.2, 0.25) is 0 Å². The molecule has 0 saturated heterocycles. The molecule has 0 spiro atoms. The number of benzene rings is 4. The van der Waals surface area contributed by atoms with Gasteiger partial charge < -0.3 is 0 Å². The van der Waals surface area contributed by atoms with Crippen molar-refractivity contribution in [3.63, 3.8) is 0 Å². The van der Waals surface area contributed by atoms with Crippen molar-refractivity contribution in [1.29, 1.82) is 0 Å². The Balaban J connectivity index is 0.000000163. The van der Waals surface area contributed by atoms with E-state index >= 15 is 0 Å². The predicted octanol–water partition coefficient (Wildman–Crippen LogP) is 8.55. The van der Waals surface area contributed by atoms with Gasteiger partial charge in [0.05, 0.1) is 9.52 Å². The molecule has 0 aliphatic carbocycles. The van der Waals surface area contributed by atoms with Gasteiger partial charge in [0.2, 0.25) is 0 Å². The Kier molecular flexibility index (Phi) is 9.91. The van der Waals surface area contributed by atoms with Crippen molar-refractivity contribution in [1.82, 2.24) is 0 Å². The Labute approximate surface area is 236 Å². The molecule has 0 aromatic heterocycles. The maximum atomic E-state index is 4.93. The Bertz CT molecular complexity index is 1380. The van der Waals surface area contributed by atoms with E-state index < -0.39 is 20.8 Å². The molecule has 1 unspecified atom stereocenters. The minimum absolute atomic E-state index is 0.588. The smallest absolute Gasteiger partial charge is 0.0920 e. The summed E-state index contributed by atoms with van der Waals surface area (Å²) in [5.41, 5.74) is 8.34. The summed E-state index contributed by atoms with van der Waals surface area (Å²) in [5, 5.41) is 5.57. The first-order chi connectivity index (χ1) is 17.6. The van der Waals surface area contributed by atoms with Crippen LogP contribution in [-0.4, -0.2) is 9.52 Å². The van der Waals surface area contributed by atoms with E-state index in [0.717, 1.165) is 9.52 Å². The van der Waals surface area contributed by atoms with Crippen molar-refractivity contribution >= 4 is 47.7 Å². The molecule has 0 nitrogen and oxygen atoms in total. The van der Waals surface area contributed by atoms with Gasteiger partial charge in [-0.1, -0.05) is 97.2 Å². The molecule has 5 aromatic rings. The number of hydrogen-bond donors (Lipinski definition) is 0. The topological polar surface area (TPSA) is 0 Å². The Morgan fingerprint density at radius 1 is 0.917 bits per heavy atom. The van der Waals surface area contributed by atoms with E-state index in [4.69, 9.17) is 17.0 Å². The van der Waals surface area contributed by atoms with Crippen LogP contribution >= 0.6 is 17.0 Å². The van der Waals surface area contributed by atoms with E-state index in [1.165, 1.54) is 60.9 Å². The number of hydrogen-bond acceptors (Lipinski definition) is 0. The summed E-state index contributed by atoms with van der Waals surface area (Å²) < 4.78 is 0. The zero-order chi connectivity index (χ0) is 25.5. The molecule has 4 heteroatoms. The molecule has 178 valence electrons. The largest absolute Gasteiger partial charge is 0.184 e. The van der Waals surface area contributed by atoms with Gasteiger partial charge in [-0.05, 0) is 17.9 Å². The number of halogens is 2. The molecule has 36 heavy (non-hydrogen) atoms. The maximum Gasteiger partial charge on any atom is 0.0920 e. The van der Waals surface area contributed by atoms with Gasteiger partial charge in [0, 0.05) is 0 Å². The molecule has 6 rings (SSSR count). The van der Waals surface area contributed by atoms with Crippen molar-refractivity contribution in [3.8, 4) is 22.3 Å². The molecule has 1 heterocycles. The van der Waals surface area contributed by atoms with Crippen LogP contribution in [0.5, 0.6) is 0 Å². The normalized spacial score (nSPS) is 11.8. The zero-order valence-electron chi connectivity index (χ0n) is 20.8. The molecular weight excluding hydrogens is 575 g/mol. The second-order valence-corrected chi connectivity index (χ2v) is 14.0. The average molecular weight is 603 g/mol. The summed E-state index contributed by atoms with van der Waals surface area (Å²) in [4.78, 5) is 0. The molecule has 1 aliphatic rings. The Morgan fingerprint density at radius 2 is 1.61 bits per heavy atom. The fourth-order valence-electron chi connectivity index (χ4n) is 4.73. The maximum absolute atomic E-state index is 4.93. The van der Waals surface area contributed by atoms with Crippen LogP contribution in [0, 0.1) is 13.0 Å². The van der Waals surface area contributed by atoms with Gasteiger partial charge in [-0.2, -0.15) is 35.5 Å². The van der Waals surface area contributed by atoms with E-state index in [9.17, 15) is 0 Å². The second kappa shape index (κ2) is 13.1. The Morgan fingerprint density at radius 3 is 2.36 bits per heavy atom.